The summed E-state index contributed by atoms with van der Waals surface area (Å²) in [5.41, 5.74) is -1.60. The van der Waals surface area contributed by atoms with Gasteiger partial charge in [-0.2, -0.15) is 0 Å². The van der Waals surface area contributed by atoms with Crippen molar-refractivity contribution in [3.05, 3.63) is 52.8 Å². The number of carbonyl (C=O) groups excluding carboxylic acids is 1. The molecule has 1 aromatic carbocycles. The van der Waals surface area contributed by atoms with Crippen molar-refractivity contribution in [1.82, 2.24) is 9.55 Å². The van der Waals surface area contributed by atoms with Gasteiger partial charge in [0.1, 0.15) is 11.2 Å². The van der Waals surface area contributed by atoms with Crippen LogP contribution in [0.15, 0.2) is 30.5 Å². The number of pyridine rings is 1. The van der Waals surface area contributed by atoms with Gasteiger partial charge in [-0.05, 0) is 18.2 Å². The molecule has 0 fully saturated rings. The fourth-order valence-electron chi connectivity index (χ4n) is 2.44. The van der Waals surface area contributed by atoms with Crippen LogP contribution in [0.5, 0.6) is 0 Å². The highest BCUT2D eigenvalue weighted by Crippen LogP contribution is 2.36. The van der Waals surface area contributed by atoms with Crippen LogP contribution in [0, 0.1) is 11.6 Å². The maximum Gasteiger partial charge on any atom is 0.264 e. The van der Waals surface area contributed by atoms with E-state index in [0.29, 0.717) is 16.7 Å². The van der Waals surface area contributed by atoms with Crippen molar-refractivity contribution in [1.29, 1.82) is 0 Å². The third-order valence-corrected chi connectivity index (χ3v) is 3.65. The van der Waals surface area contributed by atoms with E-state index in [9.17, 15) is 27.5 Å². The first-order valence-electron chi connectivity index (χ1n) is 6.45. The highest BCUT2D eigenvalue weighted by atomic mass is 35.5. The number of benzene rings is 1. The summed E-state index contributed by atoms with van der Waals surface area (Å²) in [5.74, 6) is -2.85. The number of hydrogen-bond donors (Lipinski definition) is 0. The van der Waals surface area contributed by atoms with Gasteiger partial charge < -0.3 is 9.90 Å². The van der Waals surface area contributed by atoms with Crippen molar-refractivity contribution in [2.24, 2.45) is 0 Å². The zero-order valence-electron chi connectivity index (χ0n) is 11.6. The van der Waals surface area contributed by atoms with Gasteiger partial charge in [0.15, 0.2) is 11.6 Å². The van der Waals surface area contributed by atoms with Gasteiger partial charge in [-0.25, -0.2) is 22.5 Å². The van der Waals surface area contributed by atoms with Gasteiger partial charge in [0.25, 0.3) is 6.43 Å². The Morgan fingerprint density at radius 1 is 1.17 bits per heavy atom. The standard InChI is InChI=1S/C15H7ClF4N2O2/c16-13-4-11-6(5-21-13)1-12(22(11)15(23)24)7-2-9(17)10(18)3-8(7)14(19)20/h1-5,14H,(H,23,24)/p-1. The van der Waals surface area contributed by atoms with Crippen LogP contribution in [0.2, 0.25) is 5.15 Å². The molecule has 0 aliphatic carbocycles. The van der Waals surface area contributed by atoms with Crippen LogP contribution in [0.3, 0.4) is 0 Å². The molecule has 24 heavy (non-hydrogen) atoms. The molecule has 4 nitrogen and oxygen atoms in total. The Morgan fingerprint density at radius 2 is 1.83 bits per heavy atom. The summed E-state index contributed by atoms with van der Waals surface area (Å²) in [4.78, 5) is 15.2. The molecular weight excluding hydrogens is 352 g/mol. The molecule has 0 amide bonds. The summed E-state index contributed by atoms with van der Waals surface area (Å²) in [7, 11) is 0. The quantitative estimate of drug-likeness (QED) is 0.518. The Morgan fingerprint density at radius 3 is 2.46 bits per heavy atom. The summed E-state index contributed by atoms with van der Waals surface area (Å²) in [6.45, 7) is 0. The van der Waals surface area contributed by atoms with Crippen LogP contribution in [0.4, 0.5) is 22.4 Å². The third kappa shape index (κ3) is 2.58. The average Bonchev–Trinajstić information content (AvgIpc) is 2.87. The molecule has 0 atom stereocenters. The maximum atomic E-state index is 13.5. The maximum absolute atomic E-state index is 13.5. The smallest absolute Gasteiger partial charge is 0.264 e. The molecule has 0 aliphatic rings. The molecule has 3 aromatic rings. The second kappa shape index (κ2) is 5.79. The molecule has 0 unspecified atom stereocenters. The molecule has 0 N–H and O–H groups in total. The van der Waals surface area contributed by atoms with Crippen LogP contribution >= 0.6 is 11.6 Å². The highest BCUT2D eigenvalue weighted by Gasteiger charge is 2.22. The molecule has 0 radical (unpaired) electrons. The van der Waals surface area contributed by atoms with Gasteiger partial charge in [0.05, 0.1) is 11.2 Å². The molecule has 0 spiro atoms. The molecular formula is C15H6ClF4N2O2-. The largest absolute Gasteiger partial charge is 0.529 e. The lowest BCUT2D eigenvalue weighted by Crippen LogP contribution is -2.29. The van der Waals surface area contributed by atoms with E-state index in [1.165, 1.54) is 18.3 Å². The fraction of sp³-hybridized carbons (Fsp3) is 0.0667. The van der Waals surface area contributed by atoms with E-state index in [1.807, 2.05) is 0 Å². The average molecular weight is 358 g/mol. The Balaban J connectivity index is 2.40. The predicted octanol–water partition coefficient (Wildman–Crippen LogP) is 3.76. The minimum absolute atomic E-state index is 0.0231. The molecule has 0 aliphatic heterocycles. The predicted molar refractivity (Wildman–Crippen MR) is 75.8 cm³/mol. The van der Waals surface area contributed by atoms with Crippen molar-refractivity contribution in [3.63, 3.8) is 0 Å². The molecule has 3 rings (SSSR count). The molecule has 124 valence electrons. The van der Waals surface area contributed by atoms with E-state index < -0.39 is 35.3 Å². The van der Waals surface area contributed by atoms with Gasteiger partial charge in [-0.3, -0.25) is 4.57 Å². The number of nitrogens with zero attached hydrogens (tertiary/aromatic N) is 2. The van der Waals surface area contributed by atoms with E-state index >= 15 is 0 Å². The number of alkyl halides is 2. The molecule has 9 heteroatoms. The minimum Gasteiger partial charge on any atom is -0.529 e. The van der Waals surface area contributed by atoms with E-state index in [4.69, 9.17) is 11.6 Å². The van der Waals surface area contributed by atoms with E-state index in [1.54, 1.807) is 0 Å². The molecule has 0 saturated heterocycles. The number of rotatable bonds is 2. The van der Waals surface area contributed by atoms with Gasteiger partial charge in [-0.15, -0.1) is 0 Å². The van der Waals surface area contributed by atoms with Crippen LogP contribution in [0.25, 0.3) is 22.2 Å². The zero-order chi connectivity index (χ0) is 17.6. The summed E-state index contributed by atoms with van der Waals surface area (Å²) in [6.07, 6.45) is -3.67. The number of fused-ring (bicyclic) bond motifs is 1. The summed E-state index contributed by atoms with van der Waals surface area (Å²) >= 11 is 5.71. The Kier molecular flexibility index (Phi) is 3.92. The molecule has 0 bridgehead atoms. The number of aromatic nitrogens is 2. The first kappa shape index (κ1) is 16.3. The first-order valence-corrected chi connectivity index (χ1v) is 6.83. The highest BCUT2D eigenvalue weighted by molar-refractivity contribution is 6.30. The van der Waals surface area contributed by atoms with Crippen LogP contribution in [-0.4, -0.2) is 15.6 Å². The topological polar surface area (TPSA) is 57.9 Å². The van der Waals surface area contributed by atoms with Crippen molar-refractivity contribution in [2.45, 2.75) is 6.43 Å². The van der Waals surface area contributed by atoms with Gasteiger partial charge in [0, 0.05) is 28.8 Å². The summed E-state index contributed by atoms with van der Waals surface area (Å²) in [5, 5.41) is 11.7. The van der Waals surface area contributed by atoms with Gasteiger partial charge >= 0.3 is 0 Å². The van der Waals surface area contributed by atoms with Crippen molar-refractivity contribution >= 4 is 28.6 Å². The SMILES string of the molecule is O=C([O-])n1c(-c2cc(F)c(F)cc2C(F)F)cc2cnc(Cl)cc21. The van der Waals surface area contributed by atoms with E-state index in [2.05, 4.69) is 4.98 Å². The first-order chi connectivity index (χ1) is 11.3. The van der Waals surface area contributed by atoms with Crippen LogP contribution in [-0.2, 0) is 0 Å². The van der Waals surface area contributed by atoms with Gasteiger partial charge in [-0.1, -0.05) is 11.6 Å². The van der Waals surface area contributed by atoms with Crippen LogP contribution < -0.4 is 5.11 Å². The second-order valence-electron chi connectivity index (χ2n) is 4.85. The normalized spacial score (nSPS) is 11.4. The molecule has 2 heterocycles. The second-order valence-corrected chi connectivity index (χ2v) is 5.24. The summed E-state index contributed by atoms with van der Waals surface area (Å²) < 4.78 is 53.7. The summed E-state index contributed by atoms with van der Waals surface area (Å²) in [6, 6.07) is 3.24. The number of halogens is 5. The third-order valence-electron chi connectivity index (χ3n) is 3.44. The zero-order valence-corrected chi connectivity index (χ0v) is 12.3. The monoisotopic (exact) mass is 357 g/mol. The minimum atomic E-state index is -3.15. The number of hydrogen-bond acceptors (Lipinski definition) is 3. The van der Waals surface area contributed by atoms with Crippen molar-refractivity contribution in [2.75, 3.05) is 0 Å². The van der Waals surface area contributed by atoms with Crippen molar-refractivity contribution in [3.8, 4) is 11.3 Å². The Labute approximate surface area is 136 Å². The number of carboxylic acid groups (broad SMARTS) is 1. The Hall–Kier alpha value is -2.61. The lowest BCUT2D eigenvalue weighted by Gasteiger charge is -2.14. The fourth-order valence-corrected chi connectivity index (χ4v) is 2.59. The lowest BCUT2D eigenvalue weighted by atomic mass is 10.0. The molecule has 2 aromatic heterocycles. The van der Waals surface area contributed by atoms with E-state index in [-0.39, 0.29) is 21.7 Å². The van der Waals surface area contributed by atoms with Crippen molar-refractivity contribution < 1.29 is 27.5 Å². The molecule has 0 saturated carbocycles. The van der Waals surface area contributed by atoms with E-state index in [0.717, 1.165) is 0 Å². The van der Waals surface area contributed by atoms with Crippen LogP contribution in [0.1, 0.15) is 12.0 Å². The Bertz CT molecular complexity index is 972. The lowest BCUT2D eigenvalue weighted by molar-refractivity contribution is -0.249. The number of carbonyl (C=O) groups is 1. The van der Waals surface area contributed by atoms with Gasteiger partial charge in [0.2, 0.25) is 0 Å².